The van der Waals surface area contributed by atoms with Crippen molar-refractivity contribution in [2.24, 2.45) is 16.8 Å². The van der Waals surface area contributed by atoms with Gasteiger partial charge in [0.05, 0.1) is 5.54 Å². The first-order chi connectivity index (χ1) is 7.42. The zero-order valence-electron chi connectivity index (χ0n) is 10.2. The van der Waals surface area contributed by atoms with Crippen LogP contribution in [0.25, 0.3) is 10.4 Å². The van der Waals surface area contributed by atoms with E-state index in [1.165, 1.54) is 0 Å². The lowest BCUT2D eigenvalue weighted by Crippen LogP contribution is -2.54. The Bertz CT molecular complexity index is 272. The number of amides is 1. The molecule has 0 aromatic heterocycles. The van der Waals surface area contributed by atoms with Gasteiger partial charge in [0, 0.05) is 11.5 Å². The fourth-order valence-electron chi connectivity index (χ4n) is 1.64. The number of rotatable bonds is 8. The van der Waals surface area contributed by atoms with Crippen molar-refractivity contribution in [3.63, 3.8) is 0 Å². The van der Waals surface area contributed by atoms with Crippen molar-refractivity contribution in [1.82, 2.24) is 5.32 Å². The van der Waals surface area contributed by atoms with Gasteiger partial charge in [-0.15, -0.1) is 0 Å². The summed E-state index contributed by atoms with van der Waals surface area (Å²) in [4.78, 5) is 14.0. The standard InChI is InChI=1S/C10H21N5O/c1-8(2)7-10(3,9(11)16)13-5-4-6-14-15-12/h8,13H,4-7H2,1-3H3,(H2,11,16). The van der Waals surface area contributed by atoms with Crippen molar-refractivity contribution < 1.29 is 4.79 Å². The Kier molecular flexibility index (Phi) is 6.53. The minimum atomic E-state index is -0.676. The quantitative estimate of drug-likeness (QED) is 0.284. The van der Waals surface area contributed by atoms with E-state index in [9.17, 15) is 4.79 Å². The molecule has 0 aliphatic heterocycles. The number of hydrogen-bond donors (Lipinski definition) is 2. The van der Waals surface area contributed by atoms with Crippen LogP contribution in [0.2, 0.25) is 0 Å². The van der Waals surface area contributed by atoms with Gasteiger partial charge in [0.1, 0.15) is 0 Å². The lowest BCUT2D eigenvalue weighted by Gasteiger charge is -2.29. The van der Waals surface area contributed by atoms with E-state index in [1.54, 1.807) is 0 Å². The Morgan fingerprint density at radius 3 is 2.69 bits per heavy atom. The predicted molar refractivity (Wildman–Crippen MR) is 63.7 cm³/mol. The summed E-state index contributed by atoms with van der Waals surface area (Å²) in [5, 5.41) is 6.55. The number of nitrogens with one attached hydrogen (secondary N) is 1. The van der Waals surface area contributed by atoms with Crippen LogP contribution in [0.1, 0.15) is 33.6 Å². The molecule has 0 aromatic carbocycles. The van der Waals surface area contributed by atoms with Gasteiger partial charge in [-0.25, -0.2) is 0 Å². The normalized spacial score (nSPS) is 14.2. The minimum Gasteiger partial charge on any atom is -0.368 e. The van der Waals surface area contributed by atoms with Crippen LogP contribution in [0.15, 0.2) is 5.11 Å². The molecule has 1 atom stereocenters. The van der Waals surface area contributed by atoms with Crippen LogP contribution in [0.5, 0.6) is 0 Å². The third-order valence-electron chi connectivity index (χ3n) is 2.37. The van der Waals surface area contributed by atoms with E-state index in [0.717, 1.165) is 0 Å². The first-order valence-electron chi connectivity index (χ1n) is 5.48. The lowest BCUT2D eigenvalue weighted by molar-refractivity contribution is -0.124. The molecule has 0 aliphatic rings. The second-order valence-corrected chi connectivity index (χ2v) is 4.53. The van der Waals surface area contributed by atoms with Gasteiger partial charge in [0.25, 0.3) is 0 Å². The number of hydrogen-bond acceptors (Lipinski definition) is 3. The summed E-state index contributed by atoms with van der Waals surface area (Å²) in [5.41, 5.74) is 12.8. The van der Waals surface area contributed by atoms with Crippen LogP contribution >= 0.6 is 0 Å². The van der Waals surface area contributed by atoms with Crippen molar-refractivity contribution in [2.75, 3.05) is 13.1 Å². The van der Waals surface area contributed by atoms with Crippen molar-refractivity contribution >= 4 is 5.91 Å². The lowest BCUT2D eigenvalue weighted by atomic mass is 9.90. The number of azide groups is 1. The molecule has 0 radical (unpaired) electrons. The van der Waals surface area contributed by atoms with Gasteiger partial charge in [0.15, 0.2) is 0 Å². The molecule has 0 saturated carbocycles. The SMILES string of the molecule is CC(C)CC(C)(NCCCN=[N+]=[N-])C(N)=O. The predicted octanol–water partition coefficient (Wildman–Crippen LogP) is 1.57. The summed E-state index contributed by atoms with van der Waals surface area (Å²) < 4.78 is 0. The monoisotopic (exact) mass is 227 g/mol. The minimum absolute atomic E-state index is 0.343. The molecule has 0 rings (SSSR count). The highest BCUT2D eigenvalue weighted by atomic mass is 16.1. The van der Waals surface area contributed by atoms with E-state index in [0.29, 0.717) is 31.8 Å². The Morgan fingerprint density at radius 1 is 1.62 bits per heavy atom. The van der Waals surface area contributed by atoms with Crippen LogP contribution in [0.3, 0.4) is 0 Å². The number of nitrogens with zero attached hydrogens (tertiary/aromatic N) is 3. The molecule has 0 fully saturated rings. The average Bonchev–Trinajstić information content (AvgIpc) is 2.16. The molecule has 3 N–H and O–H groups in total. The molecule has 6 heteroatoms. The Balaban J connectivity index is 4.12. The Hall–Kier alpha value is -1.26. The Morgan fingerprint density at radius 2 is 2.25 bits per heavy atom. The molecule has 92 valence electrons. The van der Waals surface area contributed by atoms with Gasteiger partial charge >= 0.3 is 0 Å². The summed E-state index contributed by atoms with van der Waals surface area (Å²) in [6, 6.07) is 0. The highest BCUT2D eigenvalue weighted by Gasteiger charge is 2.30. The fraction of sp³-hybridized carbons (Fsp3) is 0.900. The van der Waals surface area contributed by atoms with Crippen LogP contribution in [-0.4, -0.2) is 24.5 Å². The van der Waals surface area contributed by atoms with Gasteiger partial charge < -0.3 is 11.1 Å². The molecule has 0 heterocycles. The molecule has 0 aromatic rings. The number of nitrogens with two attached hydrogens (primary N) is 1. The van der Waals surface area contributed by atoms with Crippen molar-refractivity contribution in [3.05, 3.63) is 10.4 Å². The average molecular weight is 227 g/mol. The van der Waals surface area contributed by atoms with E-state index in [1.807, 2.05) is 20.8 Å². The van der Waals surface area contributed by atoms with Crippen LogP contribution in [-0.2, 0) is 4.79 Å². The van der Waals surface area contributed by atoms with Gasteiger partial charge in [-0.1, -0.05) is 19.0 Å². The smallest absolute Gasteiger partial charge is 0.237 e. The summed E-state index contributed by atoms with van der Waals surface area (Å²) in [6.07, 6.45) is 1.40. The summed E-state index contributed by atoms with van der Waals surface area (Å²) in [7, 11) is 0. The van der Waals surface area contributed by atoms with Crippen molar-refractivity contribution in [1.29, 1.82) is 0 Å². The second-order valence-electron chi connectivity index (χ2n) is 4.53. The molecule has 16 heavy (non-hydrogen) atoms. The molecule has 0 spiro atoms. The van der Waals surface area contributed by atoms with Gasteiger partial charge in [-0.3, -0.25) is 4.79 Å². The molecule has 0 aliphatic carbocycles. The summed E-state index contributed by atoms with van der Waals surface area (Å²) >= 11 is 0. The molecule has 1 unspecified atom stereocenters. The third-order valence-corrected chi connectivity index (χ3v) is 2.37. The van der Waals surface area contributed by atoms with E-state index in [-0.39, 0.29) is 5.91 Å². The zero-order chi connectivity index (χ0) is 12.6. The molecule has 0 bridgehead atoms. The van der Waals surface area contributed by atoms with E-state index < -0.39 is 5.54 Å². The maximum Gasteiger partial charge on any atom is 0.237 e. The van der Waals surface area contributed by atoms with Crippen LogP contribution < -0.4 is 11.1 Å². The fourth-order valence-corrected chi connectivity index (χ4v) is 1.64. The zero-order valence-corrected chi connectivity index (χ0v) is 10.2. The summed E-state index contributed by atoms with van der Waals surface area (Å²) in [5.74, 6) is 0.0483. The molecule has 1 amide bonds. The maximum atomic E-state index is 11.4. The van der Waals surface area contributed by atoms with E-state index in [4.69, 9.17) is 11.3 Å². The van der Waals surface area contributed by atoms with Crippen molar-refractivity contribution in [3.8, 4) is 0 Å². The van der Waals surface area contributed by atoms with Crippen LogP contribution in [0, 0.1) is 5.92 Å². The van der Waals surface area contributed by atoms with E-state index in [2.05, 4.69) is 15.3 Å². The van der Waals surface area contributed by atoms with Gasteiger partial charge in [0.2, 0.25) is 5.91 Å². The number of primary amides is 1. The maximum absolute atomic E-state index is 11.4. The highest BCUT2D eigenvalue weighted by molar-refractivity contribution is 5.84. The largest absolute Gasteiger partial charge is 0.368 e. The third kappa shape index (κ3) is 5.58. The van der Waals surface area contributed by atoms with Crippen molar-refractivity contribution in [2.45, 2.75) is 39.2 Å². The Labute approximate surface area is 96.2 Å². The topological polar surface area (TPSA) is 104 Å². The molecular formula is C10H21N5O. The second kappa shape index (κ2) is 7.09. The van der Waals surface area contributed by atoms with Gasteiger partial charge in [-0.2, -0.15) is 0 Å². The van der Waals surface area contributed by atoms with Gasteiger partial charge in [-0.05, 0) is 37.8 Å². The first kappa shape index (κ1) is 14.7. The number of carbonyl (C=O) groups is 1. The first-order valence-corrected chi connectivity index (χ1v) is 5.48. The molecule has 0 saturated heterocycles. The number of carbonyl (C=O) groups excluding carboxylic acids is 1. The molecule has 6 nitrogen and oxygen atoms in total. The molecular weight excluding hydrogens is 206 g/mol. The highest BCUT2D eigenvalue weighted by Crippen LogP contribution is 2.15. The summed E-state index contributed by atoms with van der Waals surface area (Å²) in [6.45, 7) is 6.94. The van der Waals surface area contributed by atoms with Crippen LogP contribution in [0.4, 0.5) is 0 Å². The van der Waals surface area contributed by atoms with E-state index >= 15 is 0 Å².